The van der Waals surface area contributed by atoms with Crippen molar-refractivity contribution in [3.05, 3.63) is 83.2 Å². The van der Waals surface area contributed by atoms with Crippen molar-refractivity contribution >= 4 is 41.2 Å². The van der Waals surface area contributed by atoms with Crippen LogP contribution in [0.1, 0.15) is 5.69 Å². The minimum atomic E-state index is -0.805. The van der Waals surface area contributed by atoms with E-state index in [9.17, 15) is 14.4 Å². The van der Waals surface area contributed by atoms with Gasteiger partial charge in [-0.25, -0.2) is 9.69 Å². The lowest BCUT2D eigenvalue weighted by Gasteiger charge is -2.26. The molecule has 0 saturated carbocycles. The number of aromatic nitrogens is 1. The van der Waals surface area contributed by atoms with Gasteiger partial charge in [0.1, 0.15) is 11.3 Å². The lowest BCUT2D eigenvalue weighted by Crippen LogP contribution is -2.54. The molecule has 1 N–H and O–H groups in total. The van der Waals surface area contributed by atoms with Crippen LogP contribution >= 0.6 is 11.6 Å². The van der Waals surface area contributed by atoms with Crippen molar-refractivity contribution < 1.29 is 19.1 Å². The molecule has 0 atom stereocenters. The molecular formula is C22H16ClN3O4. The number of barbiturate groups is 1. The maximum atomic E-state index is 13.0. The van der Waals surface area contributed by atoms with E-state index in [1.54, 1.807) is 59.3 Å². The third-order valence-corrected chi connectivity index (χ3v) is 4.86. The second-order valence-corrected chi connectivity index (χ2v) is 6.87. The van der Waals surface area contributed by atoms with Crippen molar-refractivity contribution in [1.82, 2.24) is 9.88 Å². The molecule has 2 heterocycles. The fourth-order valence-corrected chi connectivity index (χ4v) is 3.25. The second-order valence-electron chi connectivity index (χ2n) is 6.44. The van der Waals surface area contributed by atoms with Crippen LogP contribution in [0.15, 0.2) is 72.4 Å². The number of hydrogen-bond donors (Lipinski definition) is 1. The average Bonchev–Trinajstić information content (AvgIpc) is 3.20. The van der Waals surface area contributed by atoms with Crippen LogP contribution in [0.25, 0.3) is 11.8 Å². The standard InChI is InChI=1S/C22H16ClN3O4/c1-30-18-10-8-16(9-11-18)26-21(28)19(20(27)24-22(26)29)13-17-3-2-12-25(17)15-6-4-14(23)5-7-15/h2-13H,1H3,(H,24,27,29)/b19-13+. The van der Waals surface area contributed by atoms with E-state index in [1.807, 2.05) is 12.1 Å². The first-order valence-electron chi connectivity index (χ1n) is 8.97. The van der Waals surface area contributed by atoms with E-state index in [0.29, 0.717) is 22.2 Å². The number of anilines is 1. The van der Waals surface area contributed by atoms with Crippen molar-refractivity contribution in [3.8, 4) is 11.4 Å². The summed E-state index contributed by atoms with van der Waals surface area (Å²) < 4.78 is 6.90. The first-order valence-corrected chi connectivity index (χ1v) is 9.34. The molecule has 4 rings (SSSR count). The van der Waals surface area contributed by atoms with Gasteiger partial charge in [0, 0.05) is 22.6 Å². The van der Waals surface area contributed by atoms with E-state index in [2.05, 4.69) is 5.32 Å². The number of nitrogens with one attached hydrogen (secondary N) is 1. The number of methoxy groups -OCH3 is 1. The number of benzene rings is 2. The molecule has 2 aromatic carbocycles. The highest BCUT2D eigenvalue weighted by Gasteiger charge is 2.37. The Balaban J connectivity index is 1.71. The summed E-state index contributed by atoms with van der Waals surface area (Å²) in [5, 5.41) is 2.82. The molecule has 1 aliphatic heterocycles. The molecule has 1 aromatic heterocycles. The number of nitrogens with zero attached hydrogens (tertiary/aromatic N) is 2. The molecule has 1 saturated heterocycles. The first-order chi connectivity index (χ1) is 14.5. The van der Waals surface area contributed by atoms with Gasteiger partial charge in [-0.1, -0.05) is 11.6 Å². The second kappa shape index (κ2) is 7.88. The zero-order valence-electron chi connectivity index (χ0n) is 15.8. The van der Waals surface area contributed by atoms with Crippen LogP contribution in [-0.2, 0) is 9.59 Å². The molecule has 3 aromatic rings. The van der Waals surface area contributed by atoms with Gasteiger partial charge in [0.25, 0.3) is 11.8 Å². The summed E-state index contributed by atoms with van der Waals surface area (Å²) in [6.45, 7) is 0. The van der Waals surface area contributed by atoms with Crippen LogP contribution in [0.4, 0.5) is 10.5 Å². The molecule has 8 heteroatoms. The van der Waals surface area contributed by atoms with Crippen LogP contribution in [0.3, 0.4) is 0 Å². The Bertz CT molecular complexity index is 1160. The minimum Gasteiger partial charge on any atom is -0.497 e. The molecule has 7 nitrogen and oxygen atoms in total. The van der Waals surface area contributed by atoms with Crippen molar-refractivity contribution in [2.75, 3.05) is 12.0 Å². The SMILES string of the molecule is COc1ccc(N2C(=O)NC(=O)/C(=C\c3cccn3-c3ccc(Cl)cc3)C2=O)cc1. The first kappa shape index (κ1) is 19.5. The van der Waals surface area contributed by atoms with E-state index in [1.165, 1.54) is 13.2 Å². The molecule has 150 valence electrons. The van der Waals surface area contributed by atoms with E-state index < -0.39 is 17.8 Å². The molecular weight excluding hydrogens is 406 g/mol. The van der Waals surface area contributed by atoms with E-state index in [0.717, 1.165) is 10.6 Å². The average molecular weight is 422 g/mol. The van der Waals surface area contributed by atoms with Gasteiger partial charge in [-0.15, -0.1) is 0 Å². The summed E-state index contributed by atoms with van der Waals surface area (Å²) in [6, 6.07) is 16.3. The fourth-order valence-electron chi connectivity index (χ4n) is 3.12. The summed E-state index contributed by atoms with van der Waals surface area (Å²) in [7, 11) is 1.52. The molecule has 0 bridgehead atoms. The highest BCUT2D eigenvalue weighted by molar-refractivity contribution is 6.39. The highest BCUT2D eigenvalue weighted by atomic mass is 35.5. The smallest absolute Gasteiger partial charge is 0.335 e. The Labute approximate surface area is 177 Å². The molecule has 1 fully saturated rings. The zero-order chi connectivity index (χ0) is 21.3. The van der Waals surface area contributed by atoms with Crippen molar-refractivity contribution in [2.24, 2.45) is 0 Å². The van der Waals surface area contributed by atoms with Gasteiger partial charge in [0.15, 0.2) is 0 Å². The summed E-state index contributed by atoms with van der Waals surface area (Å²) in [6.07, 6.45) is 3.25. The molecule has 30 heavy (non-hydrogen) atoms. The molecule has 0 unspecified atom stereocenters. The van der Waals surface area contributed by atoms with Crippen molar-refractivity contribution in [1.29, 1.82) is 0 Å². The largest absolute Gasteiger partial charge is 0.497 e. The van der Waals surface area contributed by atoms with Gasteiger partial charge >= 0.3 is 6.03 Å². The van der Waals surface area contributed by atoms with Crippen LogP contribution in [0.5, 0.6) is 5.75 Å². The number of ether oxygens (including phenoxy) is 1. The number of carbonyl (C=O) groups is 3. The maximum Gasteiger partial charge on any atom is 0.335 e. The Hall–Kier alpha value is -3.84. The number of urea groups is 1. The quantitative estimate of drug-likeness (QED) is 0.513. The molecule has 4 amide bonds. The lowest BCUT2D eigenvalue weighted by molar-refractivity contribution is -0.122. The van der Waals surface area contributed by atoms with E-state index in [4.69, 9.17) is 16.3 Å². The summed E-state index contributed by atoms with van der Waals surface area (Å²) in [4.78, 5) is 38.7. The van der Waals surface area contributed by atoms with Gasteiger partial charge in [0.05, 0.1) is 12.8 Å². The van der Waals surface area contributed by atoms with Gasteiger partial charge in [-0.3, -0.25) is 14.9 Å². The fraction of sp³-hybridized carbons (Fsp3) is 0.0455. The predicted octanol–water partition coefficient (Wildman–Crippen LogP) is 3.81. The Kier molecular flexibility index (Phi) is 5.12. The van der Waals surface area contributed by atoms with Gasteiger partial charge < -0.3 is 9.30 Å². The number of rotatable bonds is 4. The number of hydrogen-bond acceptors (Lipinski definition) is 4. The van der Waals surface area contributed by atoms with Gasteiger partial charge in [0.2, 0.25) is 0 Å². The molecule has 0 radical (unpaired) electrons. The van der Waals surface area contributed by atoms with E-state index >= 15 is 0 Å². The predicted molar refractivity (Wildman–Crippen MR) is 113 cm³/mol. The van der Waals surface area contributed by atoms with Crippen LogP contribution in [0, 0.1) is 0 Å². The van der Waals surface area contributed by atoms with Crippen LogP contribution in [-0.4, -0.2) is 29.5 Å². The molecule has 0 aliphatic carbocycles. The summed E-state index contributed by atoms with van der Waals surface area (Å²) in [5.41, 5.74) is 1.58. The lowest BCUT2D eigenvalue weighted by atomic mass is 10.1. The van der Waals surface area contributed by atoms with Gasteiger partial charge in [-0.2, -0.15) is 0 Å². The molecule has 0 spiro atoms. The van der Waals surface area contributed by atoms with E-state index in [-0.39, 0.29) is 5.57 Å². The number of imide groups is 2. The number of halogens is 1. The Morgan fingerprint density at radius 2 is 1.60 bits per heavy atom. The maximum absolute atomic E-state index is 13.0. The third kappa shape index (κ3) is 3.58. The summed E-state index contributed by atoms with van der Waals surface area (Å²) in [5.74, 6) is -0.882. The normalized spacial score (nSPS) is 15.5. The van der Waals surface area contributed by atoms with Crippen molar-refractivity contribution in [3.63, 3.8) is 0 Å². The van der Waals surface area contributed by atoms with Crippen LogP contribution in [0.2, 0.25) is 5.02 Å². The zero-order valence-corrected chi connectivity index (χ0v) is 16.6. The highest BCUT2D eigenvalue weighted by Crippen LogP contribution is 2.25. The number of amides is 4. The number of carbonyl (C=O) groups excluding carboxylic acids is 3. The Morgan fingerprint density at radius 1 is 0.933 bits per heavy atom. The topological polar surface area (TPSA) is 80.6 Å². The van der Waals surface area contributed by atoms with Crippen LogP contribution < -0.4 is 15.0 Å². The third-order valence-electron chi connectivity index (χ3n) is 4.61. The van der Waals surface area contributed by atoms with Gasteiger partial charge in [-0.05, 0) is 66.7 Å². The summed E-state index contributed by atoms with van der Waals surface area (Å²) >= 11 is 5.95. The molecule has 1 aliphatic rings. The monoisotopic (exact) mass is 421 g/mol. The van der Waals surface area contributed by atoms with Crippen molar-refractivity contribution in [2.45, 2.75) is 0 Å². The minimum absolute atomic E-state index is 0.153. The Morgan fingerprint density at radius 3 is 2.27 bits per heavy atom.